The normalized spacial score (nSPS) is 15.5. The van der Waals surface area contributed by atoms with Crippen LogP contribution < -0.4 is 5.73 Å². The fourth-order valence-electron chi connectivity index (χ4n) is 2.76. The number of nitrogens with two attached hydrogens (primary N) is 1. The van der Waals surface area contributed by atoms with Crippen LogP contribution in [0.5, 0.6) is 0 Å². The third kappa shape index (κ3) is 2.84. The van der Waals surface area contributed by atoms with Gasteiger partial charge in [-0.1, -0.05) is 42.5 Å². The molecule has 6 heteroatoms. The molecule has 0 bridgehead atoms. The second-order valence-corrected chi connectivity index (χ2v) is 5.26. The van der Waals surface area contributed by atoms with E-state index in [9.17, 15) is 18.3 Å². The Morgan fingerprint density at radius 1 is 1.00 bits per heavy atom. The molecule has 2 aromatic carbocycles. The van der Waals surface area contributed by atoms with Gasteiger partial charge in [0.2, 0.25) is 0 Å². The second kappa shape index (κ2) is 5.91. The summed E-state index contributed by atoms with van der Waals surface area (Å²) in [5, 5.41) is 9.28. The van der Waals surface area contributed by atoms with Crippen molar-refractivity contribution in [2.24, 2.45) is 5.73 Å². The summed E-state index contributed by atoms with van der Waals surface area (Å²) in [5.41, 5.74) is 10.1. The van der Waals surface area contributed by atoms with E-state index in [4.69, 9.17) is 5.73 Å². The number of alkyl halides is 3. The van der Waals surface area contributed by atoms with Gasteiger partial charge in [-0.3, -0.25) is 0 Å². The maximum Gasteiger partial charge on any atom is 0.416 e. The SMILES string of the molecule is Cl.N[C@H](c1ccc2c(c1)Cc1ccccc1-2)[C@@H](O)C(F)(F)F. The maximum atomic E-state index is 12.5. The molecule has 1 aliphatic carbocycles. The Bertz CT molecular complexity index is 687. The van der Waals surface area contributed by atoms with Gasteiger partial charge in [-0.15, -0.1) is 12.4 Å². The Balaban J connectivity index is 0.00000176. The van der Waals surface area contributed by atoms with Crippen LogP contribution >= 0.6 is 12.4 Å². The smallest absolute Gasteiger partial charge is 0.382 e. The minimum Gasteiger partial charge on any atom is -0.382 e. The molecular weight excluding hydrogens is 315 g/mol. The molecule has 0 heterocycles. The lowest BCUT2D eigenvalue weighted by atomic mass is 9.97. The molecule has 2 atom stereocenters. The molecule has 0 unspecified atom stereocenters. The molecule has 22 heavy (non-hydrogen) atoms. The zero-order valence-electron chi connectivity index (χ0n) is 11.5. The van der Waals surface area contributed by atoms with Gasteiger partial charge < -0.3 is 10.8 Å². The van der Waals surface area contributed by atoms with Gasteiger partial charge in [0.15, 0.2) is 6.10 Å². The van der Waals surface area contributed by atoms with Crippen LogP contribution in [-0.4, -0.2) is 17.4 Å². The third-order valence-electron chi connectivity index (χ3n) is 3.88. The first-order valence-corrected chi connectivity index (χ1v) is 6.59. The van der Waals surface area contributed by atoms with E-state index >= 15 is 0 Å². The molecule has 0 aliphatic heterocycles. The fourth-order valence-corrected chi connectivity index (χ4v) is 2.76. The van der Waals surface area contributed by atoms with Crippen LogP contribution in [0.15, 0.2) is 42.5 Å². The van der Waals surface area contributed by atoms with E-state index in [0.717, 1.165) is 22.3 Å². The quantitative estimate of drug-likeness (QED) is 0.754. The molecule has 3 rings (SSSR count). The van der Waals surface area contributed by atoms with Crippen molar-refractivity contribution in [2.75, 3.05) is 0 Å². The highest BCUT2D eigenvalue weighted by Crippen LogP contribution is 2.38. The van der Waals surface area contributed by atoms with Crippen LogP contribution in [0.3, 0.4) is 0 Å². The number of aliphatic hydroxyl groups is 1. The molecule has 0 saturated carbocycles. The Morgan fingerprint density at radius 2 is 1.64 bits per heavy atom. The van der Waals surface area contributed by atoms with Crippen molar-refractivity contribution in [3.63, 3.8) is 0 Å². The second-order valence-electron chi connectivity index (χ2n) is 5.26. The zero-order chi connectivity index (χ0) is 15.2. The molecule has 0 saturated heterocycles. The van der Waals surface area contributed by atoms with Gasteiger partial charge in [0, 0.05) is 0 Å². The fraction of sp³-hybridized carbons (Fsp3) is 0.250. The van der Waals surface area contributed by atoms with Crippen molar-refractivity contribution in [2.45, 2.75) is 24.7 Å². The van der Waals surface area contributed by atoms with E-state index in [1.165, 1.54) is 0 Å². The number of aliphatic hydroxyl groups excluding tert-OH is 1. The lowest BCUT2D eigenvalue weighted by Crippen LogP contribution is -2.38. The summed E-state index contributed by atoms with van der Waals surface area (Å²) < 4.78 is 37.6. The van der Waals surface area contributed by atoms with E-state index in [2.05, 4.69) is 0 Å². The lowest BCUT2D eigenvalue weighted by Gasteiger charge is -2.22. The van der Waals surface area contributed by atoms with E-state index in [-0.39, 0.29) is 12.4 Å². The highest BCUT2D eigenvalue weighted by Gasteiger charge is 2.42. The van der Waals surface area contributed by atoms with Crippen LogP contribution in [0.25, 0.3) is 11.1 Å². The van der Waals surface area contributed by atoms with Crippen molar-refractivity contribution < 1.29 is 18.3 Å². The van der Waals surface area contributed by atoms with Gasteiger partial charge in [0.1, 0.15) is 0 Å². The maximum absolute atomic E-state index is 12.5. The molecule has 2 aromatic rings. The molecule has 118 valence electrons. The van der Waals surface area contributed by atoms with E-state index in [0.29, 0.717) is 12.0 Å². The first-order chi connectivity index (χ1) is 9.88. The monoisotopic (exact) mass is 329 g/mol. The molecule has 0 fully saturated rings. The Labute approximate surface area is 132 Å². The van der Waals surface area contributed by atoms with E-state index in [1.807, 2.05) is 24.3 Å². The molecule has 0 radical (unpaired) electrons. The van der Waals surface area contributed by atoms with Gasteiger partial charge in [-0.05, 0) is 34.2 Å². The Hall–Kier alpha value is -1.56. The predicted octanol–water partition coefficient (Wildman–Crippen LogP) is 3.60. The van der Waals surface area contributed by atoms with E-state index < -0.39 is 18.3 Å². The highest BCUT2D eigenvalue weighted by molar-refractivity contribution is 5.85. The van der Waals surface area contributed by atoms with Gasteiger partial charge in [-0.25, -0.2) is 0 Å². The van der Waals surface area contributed by atoms with Crippen molar-refractivity contribution >= 4 is 12.4 Å². The Kier molecular flexibility index (Phi) is 4.52. The summed E-state index contributed by atoms with van der Waals surface area (Å²) in [6.45, 7) is 0. The minimum absolute atomic E-state index is 0. The van der Waals surface area contributed by atoms with Gasteiger partial charge in [-0.2, -0.15) is 13.2 Å². The van der Waals surface area contributed by atoms with Crippen LogP contribution in [0.1, 0.15) is 22.7 Å². The molecule has 3 N–H and O–H groups in total. The van der Waals surface area contributed by atoms with Crippen LogP contribution in [0.2, 0.25) is 0 Å². The molecule has 0 amide bonds. The molecule has 0 spiro atoms. The summed E-state index contributed by atoms with van der Waals surface area (Å²) in [6.07, 6.45) is -6.60. The molecule has 0 aromatic heterocycles. The molecule has 2 nitrogen and oxygen atoms in total. The van der Waals surface area contributed by atoms with Crippen molar-refractivity contribution in [1.82, 2.24) is 0 Å². The number of hydrogen-bond donors (Lipinski definition) is 2. The average molecular weight is 330 g/mol. The number of fused-ring (bicyclic) bond motifs is 3. The van der Waals surface area contributed by atoms with Gasteiger partial charge in [0.25, 0.3) is 0 Å². The zero-order valence-corrected chi connectivity index (χ0v) is 12.3. The summed E-state index contributed by atoms with van der Waals surface area (Å²) >= 11 is 0. The van der Waals surface area contributed by atoms with Crippen LogP contribution in [-0.2, 0) is 6.42 Å². The minimum atomic E-state index is -4.72. The topological polar surface area (TPSA) is 46.2 Å². The summed E-state index contributed by atoms with van der Waals surface area (Å²) in [4.78, 5) is 0. The van der Waals surface area contributed by atoms with E-state index in [1.54, 1.807) is 18.2 Å². The van der Waals surface area contributed by atoms with Gasteiger partial charge in [0.05, 0.1) is 6.04 Å². The molecule has 1 aliphatic rings. The third-order valence-corrected chi connectivity index (χ3v) is 3.88. The number of benzene rings is 2. The van der Waals surface area contributed by atoms with Crippen molar-refractivity contribution in [3.05, 3.63) is 59.2 Å². The van der Waals surface area contributed by atoms with Gasteiger partial charge >= 0.3 is 6.18 Å². The lowest BCUT2D eigenvalue weighted by molar-refractivity contribution is -0.210. The number of hydrogen-bond acceptors (Lipinski definition) is 2. The highest BCUT2D eigenvalue weighted by atomic mass is 35.5. The average Bonchev–Trinajstić information content (AvgIpc) is 2.82. The largest absolute Gasteiger partial charge is 0.416 e. The van der Waals surface area contributed by atoms with Crippen LogP contribution in [0.4, 0.5) is 13.2 Å². The summed E-state index contributed by atoms with van der Waals surface area (Å²) in [7, 11) is 0. The predicted molar refractivity (Wildman–Crippen MR) is 80.9 cm³/mol. The first-order valence-electron chi connectivity index (χ1n) is 6.59. The number of rotatable bonds is 2. The summed E-state index contributed by atoms with van der Waals surface area (Å²) in [6, 6.07) is 11.4. The molecular formula is C16H15ClF3NO. The standard InChI is InChI=1S/C16H14F3NO.ClH/c17-16(18,19)15(21)14(20)10-5-6-13-11(8-10)7-9-3-1-2-4-12(9)13;/h1-6,8,14-15,21H,7,20H2;1H/t14-,15-;/m1./s1. The van der Waals surface area contributed by atoms with Crippen molar-refractivity contribution in [3.8, 4) is 11.1 Å². The first kappa shape index (κ1) is 16.8. The number of halogens is 4. The van der Waals surface area contributed by atoms with Crippen molar-refractivity contribution in [1.29, 1.82) is 0 Å². The Morgan fingerprint density at radius 3 is 2.32 bits per heavy atom. The van der Waals surface area contributed by atoms with Crippen LogP contribution in [0, 0.1) is 0 Å². The summed E-state index contributed by atoms with van der Waals surface area (Å²) in [5.74, 6) is 0.